The fourth-order valence-electron chi connectivity index (χ4n) is 3.80. The maximum Gasteiger partial charge on any atom is 0.227 e. The van der Waals surface area contributed by atoms with Gasteiger partial charge in [0, 0.05) is 19.1 Å². The Balaban J connectivity index is 1.60. The lowest BCUT2D eigenvalue weighted by molar-refractivity contribution is -0.129. The second kappa shape index (κ2) is 6.29. The topological polar surface area (TPSA) is 55.6 Å². The number of rotatable bonds is 4. The molecular formula is C18H26N2O2. The summed E-state index contributed by atoms with van der Waals surface area (Å²) in [5, 5.41) is 0. The van der Waals surface area contributed by atoms with Gasteiger partial charge >= 0.3 is 0 Å². The quantitative estimate of drug-likeness (QED) is 0.928. The average molecular weight is 302 g/mol. The summed E-state index contributed by atoms with van der Waals surface area (Å²) in [6, 6.07) is 8.14. The predicted octanol–water partition coefficient (Wildman–Crippen LogP) is 2.21. The van der Waals surface area contributed by atoms with Gasteiger partial charge in [0.15, 0.2) is 0 Å². The minimum absolute atomic E-state index is 0.144. The normalized spacial score (nSPS) is 27.3. The molecule has 3 unspecified atom stereocenters. The Labute approximate surface area is 132 Å². The van der Waals surface area contributed by atoms with Crippen molar-refractivity contribution in [3.8, 4) is 5.75 Å². The van der Waals surface area contributed by atoms with Gasteiger partial charge in [0.1, 0.15) is 5.75 Å². The summed E-state index contributed by atoms with van der Waals surface area (Å²) in [4.78, 5) is 14.5. The van der Waals surface area contributed by atoms with Gasteiger partial charge in [-0.05, 0) is 56.2 Å². The number of benzene rings is 1. The molecule has 0 bridgehead atoms. The van der Waals surface area contributed by atoms with Crippen LogP contribution < -0.4 is 10.5 Å². The summed E-state index contributed by atoms with van der Waals surface area (Å²) >= 11 is 0. The van der Waals surface area contributed by atoms with Crippen LogP contribution >= 0.6 is 0 Å². The molecule has 4 heteroatoms. The zero-order valence-corrected chi connectivity index (χ0v) is 13.5. The van der Waals surface area contributed by atoms with Crippen molar-refractivity contribution in [3.05, 3.63) is 29.8 Å². The monoisotopic (exact) mass is 302 g/mol. The first-order valence-electron chi connectivity index (χ1n) is 8.32. The molecule has 0 radical (unpaired) electrons. The van der Waals surface area contributed by atoms with Gasteiger partial charge in [0.25, 0.3) is 0 Å². The molecular weight excluding hydrogens is 276 g/mol. The Hall–Kier alpha value is -1.55. The van der Waals surface area contributed by atoms with Crippen molar-refractivity contribution in [1.82, 2.24) is 4.90 Å². The van der Waals surface area contributed by atoms with Gasteiger partial charge in [-0.25, -0.2) is 0 Å². The van der Waals surface area contributed by atoms with Gasteiger partial charge < -0.3 is 15.4 Å². The molecule has 1 aromatic rings. The molecule has 22 heavy (non-hydrogen) atoms. The lowest BCUT2D eigenvalue weighted by Crippen LogP contribution is -2.34. The summed E-state index contributed by atoms with van der Waals surface area (Å²) in [5.41, 5.74) is 7.16. The number of likely N-dealkylation sites (tertiary alicyclic amines) is 1. The van der Waals surface area contributed by atoms with Gasteiger partial charge in [-0.15, -0.1) is 0 Å². The fraction of sp³-hybridized carbons (Fsp3) is 0.611. The van der Waals surface area contributed by atoms with Crippen molar-refractivity contribution >= 4 is 5.91 Å². The Morgan fingerprint density at radius 2 is 2.18 bits per heavy atom. The van der Waals surface area contributed by atoms with E-state index < -0.39 is 0 Å². The molecule has 1 aliphatic carbocycles. The molecule has 2 fully saturated rings. The highest BCUT2D eigenvalue weighted by atomic mass is 16.5. The number of carbonyl (C=O) groups excluding carboxylic acids is 1. The van der Waals surface area contributed by atoms with Crippen molar-refractivity contribution in [2.24, 2.45) is 17.6 Å². The van der Waals surface area contributed by atoms with Crippen molar-refractivity contribution in [2.45, 2.75) is 45.3 Å². The molecule has 1 saturated carbocycles. The highest BCUT2D eigenvalue weighted by Crippen LogP contribution is 2.37. The molecule has 1 heterocycles. The molecule has 0 spiro atoms. The fourth-order valence-corrected chi connectivity index (χ4v) is 3.80. The van der Waals surface area contributed by atoms with E-state index in [0.717, 1.165) is 30.8 Å². The summed E-state index contributed by atoms with van der Waals surface area (Å²) in [7, 11) is 0. The summed E-state index contributed by atoms with van der Waals surface area (Å²) in [5.74, 6) is 2.18. The second-order valence-electron chi connectivity index (χ2n) is 6.95. The molecule has 1 amide bonds. The Morgan fingerprint density at radius 1 is 1.36 bits per heavy atom. The number of ether oxygens (including phenoxy) is 1. The molecule has 2 aliphatic rings. The van der Waals surface area contributed by atoms with Crippen LogP contribution in [0.15, 0.2) is 24.3 Å². The van der Waals surface area contributed by atoms with Crippen LogP contribution in [0.1, 0.15) is 32.3 Å². The van der Waals surface area contributed by atoms with Gasteiger partial charge in [-0.3, -0.25) is 4.79 Å². The SMILES string of the molecule is CC(C)Oc1cccc(CC(=O)N2CC3CCC(N)C3C2)c1. The van der Waals surface area contributed by atoms with Crippen molar-refractivity contribution in [2.75, 3.05) is 13.1 Å². The van der Waals surface area contributed by atoms with E-state index >= 15 is 0 Å². The molecule has 0 aromatic heterocycles. The highest BCUT2D eigenvalue weighted by molar-refractivity contribution is 5.79. The van der Waals surface area contributed by atoms with Crippen molar-refractivity contribution < 1.29 is 9.53 Å². The van der Waals surface area contributed by atoms with Crippen LogP contribution in [0.5, 0.6) is 5.75 Å². The van der Waals surface area contributed by atoms with Gasteiger partial charge in [-0.2, -0.15) is 0 Å². The van der Waals surface area contributed by atoms with Crippen molar-refractivity contribution in [1.29, 1.82) is 0 Å². The first-order chi connectivity index (χ1) is 10.5. The van der Waals surface area contributed by atoms with E-state index in [-0.39, 0.29) is 18.1 Å². The van der Waals surface area contributed by atoms with Crippen LogP contribution in [0.4, 0.5) is 0 Å². The number of carbonyl (C=O) groups is 1. The third-order valence-corrected chi connectivity index (χ3v) is 4.89. The van der Waals surface area contributed by atoms with Gasteiger partial charge in [0.2, 0.25) is 5.91 Å². The van der Waals surface area contributed by atoms with Crippen LogP contribution in [0.25, 0.3) is 0 Å². The maximum absolute atomic E-state index is 12.5. The second-order valence-corrected chi connectivity index (χ2v) is 6.95. The lowest BCUT2D eigenvalue weighted by atomic mass is 9.98. The molecule has 1 aliphatic heterocycles. The average Bonchev–Trinajstić information content (AvgIpc) is 3.01. The van der Waals surface area contributed by atoms with Crippen LogP contribution in [-0.4, -0.2) is 36.0 Å². The minimum atomic E-state index is 0.144. The summed E-state index contributed by atoms with van der Waals surface area (Å²) in [6.45, 7) is 5.74. The molecule has 2 N–H and O–H groups in total. The van der Waals surface area contributed by atoms with Gasteiger partial charge in [0.05, 0.1) is 12.5 Å². The zero-order valence-electron chi connectivity index (χ0n) is 13.5. The van der Waals surface area contributed by atoms with E-state index in [0.29, 0.717) is 18.3 Å². The Morgan fingerprint density at radius 3 is 2.91 bits per heavy atom. The smallest absolute Gasteiger partial charge is 0.227 e. The maximum atomic E-state index is 12.5. The molecule has 120 valence electrons. The molecule has 4 nitrogen and oxygen atoms in total. The first-order valence-corrected chi connectivity index (χ1v) is 8.32. The number of fused-ring (bicyclic) bond motifs is 1. The van der Waals surface area contributed by atoms with E-state index in [9.17, 15) is 4.79 Å². The van der Waals surface area contributed by atoms with E-state index in [2.05, 4.69) is 0 Å². The van der Waals surface area contributed by atoms with Crippen LogP contribution in [-0.2, 0) is 11.2 Å². The number of hydrogen-bond donors (Lipinski definition) is 1. The Bertz CT molecular complexity index is 544. The third-order valence-electron chi connectivity index (χ3n) is 4.89. The minimum Gasteiger partial charge on any atom is -0.491 e. The predicted molar refractivity (Wildman–Crippen MR) is 86.7 cm³/mol. The van der Waals surface area contributed by atoms with Crippen LogP contribution in [0.2, 0.25) is 0 Å². The first kappa shape index (κ1) is 15.3. The Kier molecular flexibility index (Phi) is 4.39. The summed E-state index contributed by atoms with van der Waals surface area (Å²) < 4.78 is 5.70. The van der Waals surface area contributed by atoms with E-state index in [1.807, 2.05) is 43.0 Å². The summed E-state index contributed by atoms with van der Waals surface area (Å²) in [6.07, 6.45) is 2.88. The number of nitrogens with two attached hydrogens (primary N) is 1. The number of hydrogen-bond acceptors (Lipinski definition) is 3. The van der Waals surface area contributed by atoms with Crippen LogP contribution in [0.3, 0.4) is 0 Å². The van der Waals surface area contributed by atoms with E-state index in [1.54, 1.807) is 0 Å². The molecule has 1 aromatic carbocycles. The zero-order chi connectivity index (χ0) is 15.7. The molecule has 3 rings (SSSR count). The molecule has 1 saturated heterocycles. The van der Waals surface area contributed by atoms with Crippen LogP contribution in [0, 0.1) is 11.8 Å². The van der Waals surface area contributed by atoms with E-state index in [1.165, 1.54) is 6.42 Å². The largest absolute Gasteiger partial charge is 0.491 e. The van der Waals surface area contributed by atoms with Gasteiger partial charge in [-0.1, -0.05) is 12.1 Å². The lowest BCUT2D eigenvalue weighted by Gasteiger charge is -2.19. The third kappa shape index (κ3) is 3.27. The standard InChI is InChI=1S/C18H26N2O2/c1-12(2)22-15-5-3-4-13(8-15)9-18(21)20-10-14-6-7-17(19)16(14)11-20/h3-5,8,12,14,16-17H,6-7,9-11,19H2,1-2H3. The molecule has 3 atom stereocenters. The number of nitrogens with zero attached hydrogens (tertiary/aromatic N) is 1. The number of amides is 1. The van der Waals surface area contributed by atoms with E-state index in [4.69, 9.17) is 10.5 Å². The van der Waals surface area contributed by atoms with Crippen molar-refractivity contribution in [3.63, 3.8) is 0 Å². The highest BCUT2D eigenvalue weighted by Gasteiger charge is 2.42.